The molecule has 1 N–H and O–H groups in total. The van der Waals surface area contributed by atoms with Crippen LogP contribution in [0.3, 0.4) is 0 Å². The Morgan fingerprint density at radius 1 is 1.42 bits per heavy atom. The van der Waals surface area contributed by atoms with Gasteiger partial charge in [-0.25, -0.2) is 4.98 Å². The summed E-state index contributed by atoms with van der Waals surface area (Å²) in [5.41, 5.74) is -0.697. The monoisotopic (exact) mass is 273 g/mol. The number of alkyl halides is 3. The summed E-state index contributed by atoms with van der Waals surface area (Å²) in [6.45, 7) is 4.68. The highest BCUT2D eigenvalue weighted by Gasteiger charge is 2.31. The Labute approximate surface area is 110 Å². The first-order valence-corrected chi connectivity index (χ1v) is 6.53. The van der Waals surface area contributed by atoms with Crippen molar-refractivity contribution in [1.29, 1.82) is 0 Å². The molecule has 106 valence electrons. The van der Waals surface area contributed by atoms with Crippen LogP contribution in [0.5, 0.6) is 0 Å². The van der Waals surface area contributed by atoms with E-state index < -0.39 is 11.7 Å². The number of rotatable bonds is 4. The van der Waals surface area contributed by atoms with E-state index in [1.165, 1.54) is 6.07 Å². The molecule has 0 radical (unpaired) electrons. The fourth-order valence-corrected chi connectivity index (χ4v) is 2.35. The summed E-state index contributed by atoms with van der Waals surface area (Å²) in [6.07, 6.45) is -1.46. The van der Waals surface area contributed by atoms with Crippen molar-refractivity contribution in [3.05, 3.63) is 23.9 Å². The van der Waals surface area contributed by atoms with Crippen molar-refractivity contribution in [3.8, 4) is 0 Å². The topological polar surface area (TPSA) is 28.2 Å². The maximum atomic E-state index is 12.5. The standard InChI is InChI=1S/C13H18F3N3/c1-2-7-19(11-5-6-17-9-11)12-4-3-10(8-18-12)13(14,15)16/h3-4,8,11,17H,2,5-7,9H2,1H3. The fraction of sp³-hybridized carbons (Fsp3) is 0.615. The van der Waals surface area contributed by atoms with Gasteiger partial charge in [-0.05, 0) is 31.5 Å². The minimum atomic E-state index is -4.32. The zero-order chi connectivity index (χ0) is 13.9. The molecular weight excluding hydrogens is 255 g/mol. The molecule has 0 aliphatic carbocycles. The highest BCUT2D eigenvalue weighted by Crippen LogP contribution is 2.29. The summed E-state index contributed by atoms with van der Waals surface area (Å²) < 4.78 is 37.5. The molecule has 0 amide bonds. The predicted molar refractivity (Wildman–Crippen MR) is 68.2 cm³/mol. The quantitative estimate of drug-likeness (QED) is 0.914. The van der Waals surface area contributed by atoms with E-state index >= 15 is 0 Å². The Morgan fingerprint density at radius 3 is 2.68 bits per heavy atom. The van der Waals surface area contributed by atoms with Crippen LogP contribution in [0.4, 0.5) is 19.0 Å². The van der Waals surface area contributed by atoms with Crippen LogP contribution in [0.15, 0.2) is 18.3 Å². The summed E-state index contributed by atoms with van der Waals surface area (Å²) in [7, 11) is 0. The van der Waals surface area contributed by atoms with Crippen molar-refractivity contribution in [2.45, 2.75) is 32.0 Å². The maximum absolute atomic E-state index is 12.5. The Morgan fingerprint density at radius 2 is 2.21 bits per heavy atom. The van der Waals surface area contributed by atoms with Gasteiger partial charge >= 0.3 is 6.18 Å². The zero-order valence-corrected chi connectivity index (χ0v) is 10.9. The van der Waals surface area contributed by atoms with Crippen molar-refractivity contribution in [2.75, 3.05) is 24.5 Å². The highest BCUT2D eigenvalue weighted by molar-refractivity contribution is 5.41. The molecule has 2 rings (SSSR count). The molecular formula is C13H18F3N3. The number of hydrogen-bond donors (Lipinski definition) is 1. The van der Waals surface area contributed by atoms with E-state index in [0.717, 1.165) is 44.7 Å². The maximum Gasteiger partial charge on any atom is 0.417 e. The molecule has 0 aromatic carbocycles. The van der Waals surface area contributed by atoms with Gasteiger partial charge in [0, 0.05) is 25.3 Å². The second-order valence-electron chi connectivity index (χ2n) is 4.74. The van der Waals surface area contributed by atoms with Crippen LogP contribution in [0.1, 0.15) is 25.3 Å². The molecule has 1 saturated heterocycles. The summed E-state index contributed by atoms with van der Waals surface area (Å²) >= 11 is 0. The van der Waals surface area contributed by atoms with Gasteiger partial charge in [-0.15, -0.1) is 0 Å². The first kappa shape index (κ1) is 14.1. The van der Waals surface area contributed by atoms with E-state index in [1.807, 2.05) is 0 Å². The summed E-state index contributed by atoms with van der Waals surface area (Å²) in [6, 6.07) is 2.90. The van der Waals surface area contributed by atoms with Crippen molar-refractivity contribution >= 4 is 5.82 Å². The molecule has 1 aliphatic heterocycles. The van der Waals surface area contributed by atoms with E-state index in [-0.39, 0.29) is 0 Å². The molecule has 6 heteroatoms. The van der Waals surface area contributed by atoms with Gasteiger partial charge in [-0.1, -0.05) is 6.92 Å². The van der Waals surface area contributed by atoms with E-state index in [4.69, 9.17) is 0 Å². The SMILES string of the molecule is CCCN(c1ccc(C(F)(F)F)cn1)C1CCNC1. The van der Waals surface area contributed by atoms with Crippen molar-refractivity contribution in [3.63, 3.8) is 0 Å². The third-order valence-electron chi connectivity index (χ3n) is 3.31. The van der Waals surface area contributed by atoms with E-state index in [0.29, 0.717) is 11.9 Å². The third-order valence-corrected chi connectivity index (χ3v) is 3.31. The average Bonchev–Trinajstić information content (AvgIpc) is 2.89. The summed E-state index contributed by atoms with van der Waals surface area (Å²) in [5, 5.41) is 3.27. The number of aromatic nitrogens is 1. The molecule has 1 fully saturated rings. The van der Waals surface area contributed by atoms with Crippen LogP contribution in [0.2, 0.25) is 0 Å². The van der Waals surface area contributed by atoms with Gasteiger partial charge in [0.15, 0.2) is 0 Å². The molecule has 1 unspecified atom stereocenters. The largest absolute Gasteiger partial charge is 0.417 e. The van der Waals surface area contributed by atoms with Crippen molar-refractivity contribution < 1.29 is 13.2 Å². The Hall–Kier alpha value is -1.30. The van der Waals surface area contributed by atoms with Gasteiger partial charge in [-0.2, -0.15) is 13.2 Å². The van der Waals surface area contributed by atoms with E-state index in [2.05, 4.69) is 22.1 Å². The average molecular weight is 273 g/mol. The van der Waals surface area contributed by atoms with Crippen LogP contribution in [0.25, 0.3) is 0 Å². The van der Waals surface area contributed by atoms with Gasteiger partial charge < -0.3 is 10.2 Å². The number of nitrogens with zero attached hydrogens (tertiary/aromatic N) is 2. The number of pyridine rings is 1. The van der Waals surface area contributed by atoms with Gasteiger partial charge in [0.2, 0.25) is 0 Å². The minimum Gasteiger partial charge on any atom is -0.352 e. The molecule has 1 aliphatic rings. The highest BCUT2D eigenvalue weighted by atomic mass is 19.4. The predicted octanol–water partition coefficient (Wildman–Crippen LogP) is 2.68. The Balaban J connectivity index is 2.17. The number of hydrogen-bond acceptors (Lipinski definition) is 3. The summed E-state index contributed by atoms with van der Waals surface area (Å²) in [5.74, 6) is 0.628. The first-order valence-electron chi connectivity index (χ1n) is 6.53. The molecule has 19 heavy (non-hydrogen) atoms. The lowest BCUT2D eigenvalue weighted by molar-refractivity contribution is -0.137. The lowest BCUT2D eigenvalue weighted by Crippen LogP contribution is -2.38. The van der Waals surface area contributed by atoms with Crippen LogP contribution in [-0.2, 0) is 6.18 Å². The molecule has 1 atom stereocenters. The Bertz CT molecular complexity index is 397. The third kappa shape index (κ3) is 3.37. The lowest BCUT2D eigenvalue weighted by atomic mass is 10.2. The molecule has 0 bridgehead atoms. The lowest BCUT2D eigenvalue weighted by Gasteiger charge is -2.29. The number of anilines is 1. The van der Waals surface area contributed by atoms with Crippen LogP contribution in [-0.4, -0.2) is 30.7 Å². The van der Waals surface area contributed by atoms with Crippen molar-refractivity contribution in [1.82, 2.24) is 10.3 Å². The van der Waals surface area contributed by atoms with E-state index in [9.17, 15) is 13.2 Å². The molecule has 1 aromatic rings. The molecule has 0 saturated carbocycles. The van der Waals surface area contributed by atoms with Crippen LogP contribution < -0.4 is 10.2 Å². The van der Waals surface area contributed by atoms with Gasteiger partial charge in [0.1, 0.15) is 5.82 Å². The van der Waals surface area contributed by atoms with Gasteiger partial charge in [0.05, 0.1) is 5.56 Å². The smallest absolute Gasteiger partial charge is 0.352 e. The van der Waals surface area contributed by atoms with Crippen LogP contribution >= 0.6 is 0 Å². The van der Waals surface area contributed by atoms with Gasteiger partial charge in [-0.3, -0.25) is 0 Å². The minimum absolute atomic E-state index is 0.323. The summed E-state index contributed by atoms with van der Waals surface area (Å²) in [4.78, 5) is 6.08. The van der Waals surface area contributed by atoms with Crippen LogP contribution in [0, 0.1) is 0 Å². The van der Waals surface area contributed by atoms with Gasteiger partial charge in [0.25, 0.3) is 0 Å². The molecule has 3 nitrogen and oxygen atoms in total. The number of halogens is 3. The number of nitrogens with one attached hydrogen (secondary N) is 1. The first-order chi connectivity index (χ1) is 9.02. The van der Waals surface area contributed by atoms with Crippen molar-refractivity contribution in [2.24, 2.45) is 0 Å². The zero-order valence-electron chi connectivity index (χ0n) is 10.9. The van der Waals surface area contributed by atoms with E-state index in [1.54, 1.807) is 0 Å². The Kier molecular flexibility index (Phi) is 4.29. The second kappa shape index (κ2) is 5.77. The molecule has 0 spiro atoms. The molecule has 2 heterocycles. The molecule has 1 aromatic heterocycles. The fourth-order valence-electron chi connectivity index (χ4n) is 2.35. The second-order valence-corrected chi connectivity index (χ2v) is 4.74. The normalized spacial score (nSPS) is 19.7.